The zero-order valence-electron chi connectivity index (χ0n) is 16.1. The van der Waals surface area contributed by atoms with Gasteiger partial charge in [0.25, 0.3) is 5.91 Å². The molecule has 1 aliphatic rings. The van der Waals surface area contributed by atoms with Gasteiger partial charge in [0.05, 0.1) is 31.1 Å². The molecule has 0 unspecified atom stereocenters. The summed E-state index contributed by atoms with van der Waals surface area (Å²) in [5.74, 6) is 0.851. The summed E-state index contributed by atoms with van der Waals surface area (Å²) in [6.07, 6.45) is 0. The second kappa shape index (κ2) is 7.94. The Bertz CT molecular complexity index is 1130. The fourth-order valence-corrected chi connectivity index (χ4v) is 5.01. The number of benzene rings is 2. The largest absolute Gasteiger partial charge is 0.360 e. The molecule has 1 fully saturated rings. The van der Waals surface area contributed by atoms with E-state index in [1.807, 2.05) is 30.3 Å². The van der Waals surface area contributed by atoms with E-state index in [4.69, 9.17) is 4.52 Å². The van der Waals surface area contributed by atoms with Crippen LogP contribution in [0.15, 0.2) is 57.9 Å². The van der Waals surface area contributed by atoms with E-state index in [2.05, 4.69) is 10.5 Å². The Kier molecular flexibility index (Phi) is 5.35. The second-order valence-corrected chi connectivity index (χ2v) is 9.15. The van der Waals surface area contributed by atoms with Crippen molar-refractivity contribution in [2.45, 2.75) is 11.8 Å². The quantitative estimate of drug-likeness (QED) is 0.638. The highest BCUT2D eigenvalue weighted by molar-refractivity contribution is 7.89. The van der Waals surface area contributed by atoms with E-state index < -0.39 is 10.0 Å². The predicted octanol–water partition coefficient (Wildman–Crippen LogP) is 0.664. The van der Waals surface area contributed by atoms with Crippen molar-refractivity contribution in [1.29, 1.82) is 0 Å². The maximum Gasteiger partial charge on any atom is 0.280 e. The molecule has 0 spiro atoms. The van der Waals surface area contributed by atoms with Crippen molar-refractivity contribution in [1.82, 2.24) is 9.46 Å². The number of aryl methyl sites for hydroxylation is 1. The molecule has 2 heterocycles. The summed E-state index contributed by atoms with van der Waals surface area (Å²) in [5, 5.41) is 8.35. The van der Waals surface area contributed by atoms with Crippen LogP contribution in [0, 0.1) is 6.92 Å². The van der Waals surface area contributed by atoms with Gasteiger partial charge in [0.1, 0.15) is 5.76 Å². The lowest BCUT2D eigenvalue weighted by Gasteiger charge is -2.31. The minimum absolute atomic E-state index is 0.167. The minimum atomic E-state index is -3.55. The van der Waals surface area contributed by atoms with Crippen LogP contribution in [0.4, 0.5) is 5.82 Å². The molecule has 1 amide bonds. The molecule has 2 N–H and O–H groups in total. The summed E-state index contributed by atoms with van der Waals surface area (Å²) in [6.45, 7) is 3.90. The Labute approximate surface area is 169 Å². The van der Waals surface area contributed by atoms with Crippen LogP contribution >= 0.6 is 0 Å². The molecular formula is C20H23N4O4S+. The maximum atomic E-state index is 13.0. The highest BCUT2D eigenvalue weighted by Gasteiger charge is 2.31. The van der Waals surface area contributed by atoms with Gasteiger partial charge < -0.3 is 14.7 Å². The van der Waals surface area contributed by atoms with Crippen molar-refractivity contribution in [2.75, 3.05) is 38.0 Å². The van der Waals surface area contributed by atoms with E-state index in [1.54, 1.807) is 25.1 Å². The van der Waals surface area contributed by atoms with Crippen LogP contribution in [-0.4, -0.2) is 56.5 Å². The average molecular weight is 415 g/mol. The average Bonchev–Trinajstić information content (AvgIpc) is 3.12. The molecule has 1 saturated heterocycles. The second-order valence-electron chi connectivity index (χ2n) is 7.21. The number of amides is 1. The molecule has 152 valence electrons. The lowest BCUT2D eigenvalue weighted by Crippen LogP contribution is -3.15. The number of piperazine rings is 1. The van der Waals surface area contributed by atoms with Crippen LogP contribution in [-0.2, 0) is 14.8 Å². The van der Waals surface area contributed by atoms with Crippen molar-refractivity contribution in [3.63, 3.8) is 0 Å². The van der Waals surface area contributed by atoms with Gasteiger partial charge in [0.2, 0.25) is 10.0 Å². The maximum absolute atomic E-state index is 13.0. The first-order valence-corrected chi connectivity index (χ1v) is 10.9. The number of nitrogens with one attached hydrogen (secondary N) is 2. The Morgan fingerprint density at radius 3 is 2.55 bits per heavy atom. The van der Waals surface area contributed by atoms with Crippen molar-refractivity contribution in [2.24, 2.45) is 0 Å². The van der Waals surface area contributed by atoms with Crippen LogP contribution in [0.3, 0.4) is 0 Å². The molecule has 0 saturated carbocycles. The zero-order valence-corrected chi connectivity index (χ0v) is 16.9. The molecule has 4 rings (SSSR count). The summed E-state index contributed by atoms with van der Waals surface area (Å²) >= 11 is 0. The first-order chi connectivity index (χ1) is 13.9. The molecule has 3 aromatic rings. The van der Waals surface area contributed by atoms with Crippen LogP contribution in [0.25, 0.3) is 10.8 Å². The number of aromatic nitrogens is 1. The standard InChI is InChI=1S/C20H22N4O4S/c1-15-12-19(22-28-15)21-20(25)14-23-8-10-24(11-9-23)29(26,27)18-7-6-16-4-2-3-5-17(16)13-18/h2-7,12-13H,8-11,14H2,1H3,(H,21,22,25)/p+1. The van der Waals surface area contributed by atoms with Crippen LogP contribution < -0.4 is 10.2 Å². The summed E-state index contributed by atoms with van der Waals surface area (Å²) in [5.41, 5.74) is 0. The minimum Gasteiger partial charge on any atom is -0.360 e. The van der Waals surface area contributed by atoms with Gasteiger partial charge in [0.15, 0.2) is 12.4 Å². The first kappa shape index (κ1) is 19.6. The van der Waals surface area contributed by atoms with Gasteiger partial charge in [-0.2, -0.15) is 4.31 Å². The van der Waals surface area contributed by atoms with Gasteiger partial charge in [-0.3, -0.25) is 4.79 Å². The lowest BCUT2D eigenvalue weighted by molar-refractivity contribution is -0.895. The van der Waals surface area contributed by atoms with Crippen LogP contribution in [0.1, 0.15) is 5.76 Å². The fraction of sp³-hybridized carbons (Fsp3) is 0.300. The number of rotatable bonds is 5. The molecule has 1 aliphatic heterocycles. The Morgan fingerprint density at radius 2 is 1.86 bits per heavy atom. The first-order valence-electron chi connectivity index (χ1n) is 9.47. The van der Waals surface area contributed by atoms with E-state index in [1.165, 1.54) is 4.31 Å². The monoisotopic (exact) mass is 415 g/mol. The highest BCUT2D eigenvalue weighted by Crippen LogP contribution is 2.21. The van der Waals surface area contributed by atoms with Crippen molar-refractivity contribution < 1.29 is 22.6 Å². The van der Waals surface area contributed by atoms with Crippen LogP contribution in [0.2, 0.25) is 0 Å². The van der Waals surface area contributed by atoms with Gasteiger partial charge in [-0.1, -0.05) is 35.5 Å². The van der Waals surface area contributed by atoms with E-state index in [9.17, 15) is 13.2 Å². The molecule has 0 atom stereocenters. The Balaban J connectivity index is 1.37. The molecule has 0 aliphatic carbocycles. The Morgan fingerprint density at radius 1 is 1.14 bits per heavy atom. The number of hydrogen-bond donors (Lipinski definition) is 2. The smallest absolute Gasteiger partial charge is 0.280 e. The molecule has 9 heteroatoms. The van der Waals surface area contributed by atoms with E-state index in [0.717, 1.165) is 15.7 Å². The number of anilines is 1. The molecular weight excluding hydrogens is 392 g/mol. The van der Waals surface area contributed by atoms with Crippen molar-refractivity contribution in [3.05, 3.63) is 54.3 Å². The van der Waals surface area contributed by atoms with Gasteiger partial charge >= 0.3 is 0 Å². The molecule has 8 nitrogen and oxygen atoms in total. The molecule has 1 aromatic heterocycles. The third-order valence-corrected chi connectivity index (χ3v) is 6.99. The topological polar surface area (TPSA) is 97.0 Å². The van der Waals surface area contributed by atoms with Gasteiger partial charge in [-0.05, 0) is 29.8 Å². The number of nitrogens with zero attached hydrogens (tertiary/aromatic N) is 2. The molecule has 0 radical (unpaired) electrons. The molecule has 2 aromatic carbocycles. The highest BCUT2D eigenvalue weighted by atomic mass is 32.2. The van der Waals surface area contributed by atoms with E-state index >= 15 is 0 Å². The van der Waals surface area contributed by atoms with E-state index in [-0.39, 0.29) is 12.5 Å². The number of hydrogen-bond acceptors (Lipinski definition) is 5. The third kappa shape index (κ3) is 4.31. The van der Waals surface area contributed by atoms with E-state index in [0.29, 0.717) is 42.7 Å². The Hall–Kier alpha value is -2.75. The zero-order chi connectivity index (χ0) is 20.4. The SMILES string of the molecule is Cc1cc(NC(=O)C[NH+]2CCN(S(=O)(=O)c3ccc4ccccc4c3)CC2)no1. The number of carbonyl (C=O) groups excluding carboxylic acids is 1. The normalized spacial score (nSPS) is 16.2. The summed E-state index contributed by atoms with van der Waals surface area (Å²) in [4.78, 5) is 13.5. The van der Waals surface area contributed by atoms with Gasteiger partial charge in [-0.15, -0.1) is 0 Å². The van der Waals surface area contributed by atoms with Crippen LogP contribution in [0.5, 0.6) is 0 Å². The fourth-order valence-electron chi connectivity index (χ4n) is 3.54. The third-order valence-electron chi connectivity index (χ3n) is 5.09. The van der Waals surface area contributed by atoms with Gasteiger partial charge in [0, 0.05) is 6.07 Å². The number of sulfonamides is 1. The molecule has 29 heavy (non-hydrogen) atoms. The number of fused-ring (bicyclic) bond motifs is 1. The van der Waals surface area contributed by atoms with Crippen molar-refractivity contribution >= 4 is 32.5 Å². The van der Waals surface area contributed by atoms with Crippen molar-refractivity contribution in [3.8, 4) is 0 Å². The number of quaternary nitrogens is 1. The number of carbonyl (C=O) groups is 1. The predicted molar refractivity (Wildman–Crippen MR) is 108 cm³/mol. The molecule has 0 bridgehead atoms. The summed E-state index contributed by atoms with van der Waals surface area (Å²) < 4.78 is 32.5. The lowest BCUT2D eigenvalue weighted by atomic mass is 10.1. The summed E-state index contributed by atoms with van der Waals surface area (Å²) in [7, 11) is -3.55. The summed E-state index contributed by atoms with van der Waals surface area (Å²) in [6, 6.07) is 14.6. The van der Waals surface area contributed by atoms with Gasteiger partial charge in [-0.25, -0.2) is 8.42 Å².